The summed E-state index contributed by atoms with van der Waals surface area (Å²) in [6.45, 7) is 0.617. The summed E-state index contributed by atoms with van der Waals surface area (Å²) in [6, 6.07) is 1.07. The van der Waals surface area contributed by atoms with Crippen molar-refractivity contribution < 1.29 is 23.5 Å². The van der Waals surface area contributed by atoms with Crippen LogP contribution in [0, 0.1) is 5.82 Å². The van der Waals surface area contributed by atoms with Gasteiger partial charge in [-0.3, -0.25) is 0 Å². The number of rotatable bonds is 1. The molecule has 0 radical (unpaired) electrons. The number of nitrogens with two attached hydrogens (primary N) is 1. The normalized spacial score (nSPS) is 13.6. The highest BCUT2D eigenvalue weighted by molar-refractivity contribution is 5.84. The van der Waals surface area contributed by atoms with E-state index in [9.17, 15) is 9.50 Å². The lowest BCUT2D eigenvalue weighted by atomic mass is 10.0. The lowest BCUT2D eigenvalue weighted by Gasteiger charge is -2.21. The summed E-state index contributed by atoms with van der Waals surface area (Å²) >= 11 is 0. The quantitative estimate of drug-likeness (QED) is 0.800. The number of nitrogens with zero attached hydrogens (tertiary/aromatic N) is 1. The van der Waals surface area contributed by atoms with Gasteiger partial charge in [0.15, 0.2) is 23.1 Å². The number of phenols is 1. The zero-order valence-corrected chi connectivity index (χ0v) is 9.14. The third kappa shape index (κ3) is 1.44. The van der Waals surface area contributed by atoms with Crippen LogP contribution in [0.5, 0.6) is 17.2 Å². The first-order valence-electron chi connectivity index (χ1n) is 5.20. The molecule has 3 N–H and O–H groups in total. The van der Waals surface area contributed by atoms with Crippen molar-refractivity contribution in [2.75, 3.05) is 18.9 Å². The van der Waals surface area contributed by atoms with E-state index in [2.05, 4.69) is 5.16 Å². The highest BCUT2D eigenvalue weighted by atomic mass is 19.1. The van der Waals surface area contributed by atoms with Crippen molar-refractivity contribution in [3.05, 3.63) is 18.1 Å². The van der Waals surface area contributed by atoms with Crippen LogP contribution in [0.25, 0.3) is 11.1 Å². The molecule has 6 nitrogen and oxygen atoms in total. The molecule has 2 heterocycles. The molecule has 7 heteroatoms. The van der Waals surface area contributed by atoms with Gasteiger partial charge in [-0.25, -0.2) is 4.39 Å². The minimum atomic E-state index is -0.824. The van der Waals surface area contributed by atoms with Crippen LogP contribution in [-0.4, -0.2) is 23.5 Å². The van der Waals surface area contributed by atoms with E-state index in [1.165, 1.54) is 6.20 Å². The third-order valence-electron chi connectivity index (χ3n) is 2.63. The van der Waals surface area contributed by atoms with E-state index in [1.807, 2.05) is 0 Å². The Morgan fingerprint density at radius 2 is 2.11 bits per heavy atom. The summed E-state index contributed by atoms with van der Waals surface area (Å²) in [7, 11) is 0. The Bertz CT molecular complexity index is 611. The van der Waals surface area contributed by atoms with E-state index in [-0.39, 0.29) is 28.5 Å². The molecule has 1 aromatic carbocycles. The van der Waals surface area contributed by atoms with Crippen LogP contribution in [0.4, 0.5) is 10.3 Å². The molecule has 0 amide bonds. The van der Waals surface area contributed by atoms with Gasteiger partial charge in [-0.15, -0.1) is 0 Å². The molecule has 0 fully saturated rings. The Hall–Kier alpha value is -2.44. The average molecular weight is 252 g/mol. The molecular weight excluding hydrogens is 243 g/mol. The molecule has 0 bridgehead atoms. The van der Waals surface area contributed by atoms with Crippen LogP contribution in [0.15, 0.2) is 16.8 Å². The van der Waals surface area contributed by atoms with Crippen molar-refractivity contribution in [1.82, 2.24) is 5.16 Å². The zero-order valence-electron chi connectivity index (χ0n) is 9.14. The fraction of sp³-hybridized carbons (Fsp3) is 0.182. The Labute approximate surface area is 101 Å². The molecule has 94 valence electrons. The predicted octanol–water partition coefficient (Wildman–Crippen LogP) is 1.54. The molecule has 1 aliphatic heterocycles. The smallest absolute Gasteiger partial charge is 0.230 e. The maximum atomic E-state index is 13.6. The van der Waals surface area contributed by atoms with E-state index in [0.717, 1.165) is 6.07 Å². The number of anilines is 1. The number of ether oxygens (including phenoxy) is 2. The van der Waals surface area contributed by atoms with Gasteiger partial charge in [-0.1, -0.05) is 5.16 Å². The van der Waals surface area contributed by atoms with Crippen molar-refractivity contribution in [3.8, 4) is 28.4 Å². The van der Waals surface area contributed by atoms with Gasteiger partial charge in [-0.2, -0.15) is 0 Å². The molecule has 18 heavy (non-hydrogen) atoms. The summed E-state index contributed by atoms with van der Waals surface area (Å²) in [4.78, 5) is 0. The second-order valence-corrected chi connectivity index (χ2v) is 3.71. The Kier molecular flexibility index (Phi) is 2.26. The molecular formula is C11H9FN2O4. The zero-order chi connectivity index (χ0) is 12.7. The number of phenolic OH excluding ortho intramolecular Hbond substituents is 1. The molecule has 3 rings (SSSR count). The predicted molar refractivity (Wildman–Crippen MR) is 59.0 cm³/mol. The highest BCUT2D eigenvalue weighted by Gasteiger charge is 2.26. The number of hydrogen-bond acceptors (Lipinski definition) is 6. The van der Waals surface area contributed by atoms with Gasteiger partial charge in [0.25, 0.3) is 0 Å². The Morgan fingerprint density at radius 3 is 2.83 bits per heavy atom. The fourth-order valence-corrected chi connectivity index (χ4v) is 1.83. The van der Waals surface area contributed by atoms with Crippen LogP contribution in [-0.2, 0) is 0 Å². The van der Waals surface area contributed by atoms with Crippen LogP contribution >= 0.6 is 0 Å². The van der Waals surface area contributed by atoms with Gasteiger partial charge in [0.1, 0.15) is 13.2 Å². The SMILES string of the molecule is Nc1oncc1-c1c(O)c(F)cc2c1OCCO2. The molecule has 0 atom stereocenters. The molecule has 1 aliphatic rings. The van der Waals surface area contributed by atoms with Gasteiger partial charge in [0.2, 0.25) is 5.88 Å². The van der Waals surface area contributed by atoms with Crippen molar-refractivity contribution in [2.24, 2.45) is 0 Å². The number of aromatic hydroxyl groups is 1. The minimum Gasteiger partial charge on any atom is -0.504 e. The highest BCUT2D eigenvalue weighted by Crippen LogP contribution is 2.48. The lowest BCUT2D eigenvalue weighted by Crippen LogP contribution is -2.16. The molecule has 0 saturated heterocycles. The first-order chi connectivity index (χ1) is 8.68. The third-order valence-corrected chi connectivity index (χ3v) is 2.63. The van der Waals surface area contributed by atoms with E-state index >= 15 is 0 Å². The van der Waals surface area contributed by atoms with Crippen molar-refractivity contribution in [3.63, 3.8) is 0 Å². The summed E-state index contributed by atoms with van der Waals surface area (Å²) < 4.78 is 29.0. The standard InChI is InChI=1S/C11H9FN2O4/c12-6-3-7-10(17-2-1-16-7)8(9(6)15)5-4-14-18-11(5)13/h3-4,15H,1-2,13H2. The van der Waals surface area contributed by atoms with E-state index in [1.54, 1.807) is 0 Å². The molecule has 1 aromatic heterocycles. The summed E-state index contributed by atoms with van der Waals surface area (Å²) in [6.07, 6.45) is 1.28. The molecule has 0 saturated carbocycles. The van der Waals surface area contributed by atoms with Gasteiger partial charge >= 0.3 is 0 Å². The van der Waals surface area contributed by atoms with Crippen molar-refractivity contribution in [1.29, 1.82) is 0 Å². The van der Waals surface area contributed by atoms with Crippen LogP contribution in [0.2, 0.25) is 0 Å². The van der Waals surface area contributed by atoms with Gasteiger partial charge in [0, 0.05) is 6.07 Å². The summed E-state index contributed by atoms with van der Waals surface area (Å²) in [5, 5.41) is 13.3. The summed E-state index contributed by atoms with van der Waals surface area (Å²) in [5.74, 6) is -0.988. The Morgan fingerprint density at radius 1 is 1.33 bits per heavy atom. The number of fused-ring (bicyclic) bond motifs is 1. The maximum Gasteiger partial charge on any atom is 0.230 e. The van der Waals surface area contributed by atoms with Gasteiger partial charge < -0.3 is 24.8 Å². The first kappa shape index (κ1) is 10.7. The topological polar surface area (TPSA) is 90.7 Å². The van der Waals surface area contributed by atoms with Crippen LogP contribution in [0.3, 0.4) is 0 Å². The van der Waals surface area contributed by atoms with Crippen molar-refractivity contribution in [2.45, 2.75) is 0 Å². The largest absolute Gasteiger partial charge is 0.504 e. The van der Waals surface area contributed by atoms with Crippen LogP contribution < -0.4 is 15.2 Å². The number of nitrogen functional groups attached to an aromatic ring is 1. The molecule has 2 aromatic rings. The van der Waals surface area contributed by atoms with Crippen molar-refractivity contribution >= 4 is 5.88 Å². The second-order valence-electron chi connectivity index (χ2n) is 3.71. The molecule has 0 spiro atoms. The first-order valence-corrected chi connectivity index (χ1v) is 5.20. The minimum absolute atomic E-state index is 0.0349. The molecule has 0 unspecified atom stereocenters. The summed E-state index contributed by atoms with van der Waals surface area (Å²) in [5.41, 5.74) is 5.91. The fourth-order valence-electron chi connectivity index (χ4n) is 1.83. The molecule has 0 aliphatic carbocycles. The van der Waals surface area contributed by atoms with E-state index in [0.29, 0.717) is 13.2 Å². The lowest BCUT2D eigenvalue weighted by molar-refractivity contribution is 0.170. The monoisotopic (exact) mass is 252 g/mol. The maximum absolute atomic E-state index is 13.6. The van der Waals surface area contributed by atoms with E-state index in [4.69, 9.17) is 19.7 Å². The average Bonchev–Trinajstić information content (AvgIpc) is 2.77. The van der Waals surface area contributed by atoms with E-state index < -0.39 is 11.6 Å². The van der Waals surface area contributed by atoms with Gasteiger partial charge in [-0.05, 0) is 0 Å². The number of benzene rings is 1. The van der Waals surface area contributed by atoms with Gasteiger partial charge in [0.05, 0.1) is 17.3 Å². The number of aromatic nitrogens is 1. The number of halogens is 1. The Balaban J connectivity index is 2.30. The van der Waals surface area contributed by atoms with Crippen LogP contribution in [0.1, 0.15) is 0 Å². The number of hydrogen-bond donors (Lipinski definition) is 2. The second kappa shape index (κ2) is 3.80.